The minimum atomic E-state index is -0.286. The zero-order valence-electron chi connectivity index (χ0n) is 15.9. The van der Waals surface area contributed by atoms with E-state index < -0.39 is 0 Å². The van der Waals surface area contributed by atoms with E-state index in [4.69, 9.17) is 9.47 Å². The number of imide groups is 1. The van der Waals surface area contributed by atoms with Crippen molar-refractivity contribution in [3.8, 4) is 11.5 Å². The molecular weight excluding hydrogens is 616 g/mol. The summed E-state index contributed by atoms with van der Waals surface area (Å²) in [6, 6.07) is 11.6. The quantitative estimate of drug-likeness (QED) is 0.288. The molecule has 0 bridgehead atoms. The average molecular weight is 635 g/mol. The van der Waals surface area contributed by atoms with Crippen molar-refractivity contribution in [3.05, 3.63) is 59.6 Å². The molecule has 0 radical (unpaired) electrons. The Labute approximate surface area is 201 Å². The van der Waals surface area contributed by atoms with E-state index in [0.29, 0.717) is 11.5 Å². The lowest BCUT2D eigenvalue weighted by atomic mass is 10.2. The molecule has 1 aliphatic heterocycles. The molecule has 0 N–H and O–H groups in total. The highest BCUT2D eigenvalue weighted by molar-refractivity contribution is 14.1. The van der Waals surface area contributed by atoms with Gasteiger partial charge in [-0.3, -0.25) is 14.5 Å². The number of hydrogen-bond donors (Lipinski definition) is 0. The lowest BCUT2D eigenvalue weighted by Gasteiger charge is -2.13. The van der Waals surface area contributed by atoms with Crippen molar-refractivity contribution in [1.29, 1.82) is 0 Å². The van der Waals surface area contributed by atoms with Crippen LogP contribution in [-0.4, -0.2) is 35.8 Å². The minimum Gasteiger partial charge on any atom is -0.492 e. The Balaban J connectivity index is 1.67. The van der Waals surface area contributed by atoms with Crippen LogP contribution in [0.4, 0.5) is 4.79 Å². The predicted molar refractivity (Wildman–Crippen MR) is 132 cm³/mol. The van der Waals surface area contributed by atoms with E-state index in [0.717, 1.165) is 41.5 Å². The molecule has 0 unspecified atom stereocenters. The van der Waals surface area contributed by atoms with Gasteiger partial charge in [-0.2, -0.15) is 0 Å². The fourth-order valence-corrected chi connectivity index (χ4v) is 5.67. The van der Waals surface area contributed by atoms with Gasteiger partial charge in [-0.05, 0) is 107 Å². The highest BCUT2D eigenvalue weighted by Crippen LogP contribution is 2.34. The smallest absolute Gasteiger partial charge is 0.293 e. The van der Waals surface area contributed by atoms with E-state index in [2.05, 4.69) is 45.2 Å². The number of ether oxygens (including phenoxy) is 2. The second-order valence-electron chi connectivity index (χ2n) is 6.24. The Hall–Kier alpha value is -1.27. The number of carbonyl (C=O) groups is 2. The van der Waals surface area contributed by atoms with Crippen molar-refractivity contribution in [2.45, 2.75) is 13.8 Å². The van der Waals surface area contributed by atoms with Crippen molar-refractivity contribution in [3.63, 3.8) is 0 Å². The third-order valence-corrected chi connectivity index (χ3v) is 6.60. The maximum absolute atomic E-state index is 12.7. The number of thioether (sulfide) groups is 1. The van der Waals surface area contributed by atoms with Gasteiger partial charge >= 0.3 is 0 Å². The van der Waals surface area contributed by atoms with Gasteiger partial charge in [0.2, 0.25) is 0 Å². The van der Waals surface area contributed by atoms with Crippen LogP contribution in [0.3, 0.4) is 0 Å². The number of hydrogen-bond acceptors (Lipinski definition) is 5. The van der Waals surface area contributed by atoms with Crippen molar-refractivity contribution < 1.29 is 19.1 Å². The van der Waals surface area contributed by atoms with E-state index in [9.17, 15) is 9.59 Å². The first-order valence-electron chi connectivity index (χ1n) is 8.95. The fourth-order valence-electron chi connectivity index (χ4n) is 2.68. The summed E-state index contributed by atoms with van der Waals surface area (Å²) >= 11 is 5.39. The van der Waals surface area contributed by atoms with Crippen molar-refractivity contribution in [1.82, 2.24) is 4.90 Å². The van der Waals surface area contributed by atoms with Crippen LogP contribution in [0, 0.1) is 14.1 Å². The molecule has 2 aromatic carbocycles. The van der Waals surface area contributed by atoms with Crippen molar-refractivity contribution in [2.24, 2.45) is 0 Å². The first-order valence-corrected chi connectivity index (χ1v) is 11.9. The lowest BCUT2D eigenvalue weighted by Crippen LogP contribution is -2.32. The average Bonchev–Trinajstić information content (AvgIpc) is 2.93. The molecule has 2 amide bonds. The SMILES string of the molecule is CCOc1c(I)cc(/C=C2\SC(=O)N(CCOc3ccc(C)cc3)C2=O)cc1I. The molecule has 5 nitrogen and oxygen atoms in total. The molecule has 152 valence electrons. The number of aryl methyl sites for hydroxylation is 1. The molecule has 1 fully saturated rings. The van der Waals surface area contributed by atoms with Crippen LogP contribution in [-0.2, 0) is 4.79 Å². The number of rotatable bonds is 7. The van der Waals surface area contributed by atoms with Crippen LogP contribution in [0.15, 0.2) is 41.3 Å². The van der Waals surface area contributed by atoms with Gasteiger partial charge in [0.1, 0.15) is 18.1 Å². The Bertz CT molecular complexity index is 937. The summed E-state index contributed by atoms with van der Waals surface area (Å²) in [7, 11) is 0. The lowest BCUT2D eigenvalue weighted by molar-refractivity contribution is -0.123. The molecule has 29 heavy (non-hydrogen) atoms. The topological polar surface area (TPSA) is 55.8 Å². The van der Waals surface area contributed by atoms with Crippen LogP contribution in [0.5, 0.6) is 11.5 Å². The van der Waals surface area contributed by atoms with E-state index in [1.165, 1.54) is 4.90 Å². The van der Waals surface area contributed by atoms with Crippen LogP contribution in [0.1, 0.15) is 18.1 Å². The number of carbonyl (C=O) groups excluding carboxylic acids is 2. The van der Waals surface area contributed by atoms with E-state index in [-0.39, 0.29) is 24.3 Å². The fraction of sp³-hybridized carbons (Fsp3) is 0.238. The summed E-state index contributed by atoms with van der Waals surface area (Å²) in [6.45, 7) is 5.01. The second-order valence-corrected chi connectivity index (χ2v) is 9.56. The second kappa shape index (κ2) is 10.2. The number of nitrogens with zero attached hydrogens (tertiary/aromatic N) is 1. The van der Waals surface area contributed by atoms with E-state index in [1.54, 1.807) is 6.08 Å². The molecule has 1 saturated heterocycles. The van der Waals surface area contributed by atoms with Gasteiger partial charge in [-0.1, -0.05) is 17.7 Å². The predicted octanol–water partition coefficient (Wildman–Crippen LogP) is 5.72. The van der Waals surface area contributed by atoms with Gasteiger partial charge in [0.15, 0.2) is 0 Å². The number of benzene rings is 2. The number of halogens is 2. The first-order chi connectivity index (χ1) is 13.9. The maximum atomic E-state index is 12.7. The maximum Gasteiger partial charge on any atom is 0.293 e. The largest absolute Gasteiger partial charge is 0.492 e. The molecule has 8 heteroatoms. The molecule has 0 spiro atoms. The van der Waals surface area contributed by atoms with Crippen LogP contribution in [0.2, 0.25) is 0 Å². The van der Waals surface area contributed by atoms with Gasteiger partial charge in [-0.25, -0.2) is 0 Å². The summed E-state index contributed by atoms with van der Waals surface area (Å²) in [4.78, 5) is 26.6. The molecule has 0 aliphatic carbocycles. The Morgan fingerprint density at radius 1 is 1.07 bits per heavy atom. The highest BCUT2D eigenvalue weighted by Gasteiger charge is 2.34. The summed E-state index contributed by atoms with van der Waals surface area (Å²) in [5.74, 6) is 1.27. The monoisotopic (exact) mass is 635 g/mol. The van der Waals surface area contributed by atoms with Crippen molar-refractivity contribution >= 4 is 74.2 Å². The molecule has 3 rings (SSSR count). The molecule has 1 heterocycles. The van der Waals surface area contributed by atoms with E-state index in [1.807, 2.05) is 50.2 Å². The minimum absolute atomic E-state index is 0.216. The zero-order valence-corrected chi connectivity index (χ0v) is 21.0. The molecule has 0 saturated carbocycles. The van der Waals surface area contributed by atoms with Gasteiger partial charge in [0.05, 0.1) is 25.2 Å². The Morgan fingerprint density at radius 2 is 1.72 bits per heavy atom. The molecule has 0 atom stereocenters. The van der Waals surface area contributed by atoms with Crippen LogP contribution >= 0.6 is 56.9 Å². The molecule has 0 aromatic heterocycles. The zero-order chi connectivity index (χ0) is 21.0. The summed E-state index contributed by atoms with van der Waals surface area (Å²) in [5.41, 5.74) is 2.01. The third kappa shape index (κ3) is 5.66. The first kappa shape index (κ1) is 22.4. The van der Waals surface area contributed by atoms with Crippen molar-refractivity contribution in [2.75, 3.05) is 19.8 Å². The van der Waals surface area contributed by atoms with Gasteiger partial charge in [0, 0.05) is 0 Å². The Morgan fingerprint density at radius 3 is 2.34 bits per heavy atom. The summed E-state index contributed by atoms with van der Waals surface area (Å²) in [6.07, 6.45) is 1.76. The molecule has 1 aliphatic rings. The number of amides is 2. The summed E-state index contributed by atoms with van der Waals surface area (Å²) < 4.78 is 13.2. The van der Waals surface area contributed by atoms with Gasteiger partial charge in [0.25, 0.3) is 11.1 Å². The normalized spacial score (nSPS) is 15.3. The Kier molecular flexibility index (Phi) is 7.85. The standard InChI is InChI=1S/C21H19I2NO4S/c1-3-27-19-16(22)10-14(11-17(19)23)12-18-20(25)24(21(26)29-18)8-9-28-15-6-4-13(2)5-7-15/h4-7,10-12H,3,8-9H2,1-2H3/b18-12-. The molecule has 2 aromatic rings. The third-order valence-electron chi connectivity index (χ3n) is 4.09. The van der Waals surface area contributed by atoms with Gasteiger partial charge in [-0.15, -0.1) is 0 Å². The van der Waals surface area contributed by atoms with Crippen LogP contribution < -0.4 is 9.47 Å². The van der Waals surface area contributed by atoms with E-state index >= 15 is 0 Å². The highest BCUT2D eigenvalue weighted by atomic mass is 127. The summed E-state index contributed by atoms with van der Waals surface area (Å²) in [5, 5.41) is -0.274. The van der Waals surface area contributed by atoms with Gasteiger partial charge < -0.3 is 9.47 Å². The van der Waals surface area contributed by atoms with Crippen LogP contribution in [0.25, 0.3) is 6.08 Å². The molecular formula is C21H19I2NO4S.